The largest absolute Gasteiger partial charge is 0.497 e. The van der Waals surface area contributed by atoms with E-state index in [0.29, 0.717) is 10.7 Å². The fourth-order valence-electron chi connectivity index (χ4n) is 3.77. The molecule has 0 saturated heterocycles. The highest BCUT2D eigenvalue weighted by molar-refractivity contribution is 7.15. The summed E-state index contributed by atoms with van der Waals surface area (Å²) in [4.78, 5) is 30.4. The fourth-order valence-corrected chi connectivity index (χ4v) is 4.77. The molecule has 3 aromatic heterocycles. The maximum atomic E-state index is 12.6. The first kappa shape index (κ1) is 23.8. The van der Waals surface area contributed by atoms with Crippen LogP contribution in [0.3, 0.4) is 0 Å². The summed E-state index contributed by atoms with van der Waals surface area (Å²) >= 11 is 7.46. The van der Waals surface area contributed by atoms with Gasteiger partial charge < -0.3 is 10.1 Å². The van der Waals surface area contributed by atoms with Crippen molar-refractivity contribution >= 4 is 33.8 Å². The molecular weight excluding hydrogens is 498 g/mol. The van der Waals surface area contributed by atoms with Gasteiger partial charge >= 0.3 is 0 Å². The van der Waals surface area contributed by atoms with Crippen LogP contribution >= 0.6 is 22.9 Å². The molecule has 0 fully saturated rings. The Morgan fingerprint density at radius 1 is 1.03 bits per heavy atom. The molecule has 0 aliphatic carbocycles. The maximum absolute atomic E-state index is 12.6. The average Bonchev–Trinajstić information content (AvgIpc) is 3.48. The van der Waals surface area contributed by atoms with Crippen LogP contribution in [0.5, 0.6) is 5.75 Å². The van der Waals surface area contributed by atoms with Crippen molar-refractivity contribution in [2.75, 3.05) is 13.7 Å². The molecule has 0 atom stereocenters. The first-order chi connectivity index (χ1) is 17.5. The number of amides is 1. The third-order valence-corrected chi connectivity index (χ3v) is 6.80. The van der Waals surface area contributed by atoms with Gasteiger partial charge in [0.15, 0.2) is 4.96 Å². The van der Waals surface area contributed by atoms with Gasteiger partial charge in [-0.25, -0.2) is 9.67 Å². The average molecular weight is 520 g/mol. The second-order valence-corrected chi connectivity index (χ2v) is 9.32. The molecule has 8 nitrogen and oxygen atoms in total. The number of hydrogen-bond acceptors (Lipinski definition) is 6. The molecule has 0 aliphatic rings. The summed E-state index contributed by atoms with van der Waals surface area (Å²) < 4.78 is 8.47. The summed E-state index contributed by atoms with van der Waals surface area (Å²) in [5, 5.41) is 9.92. The molecule has 0 spiro atoms. The number of halogens is 1. The lowest BCUT2D eigenvalue weighted by Gasteiger charge is -2.09. The molecular formula is C26H22ClN5O3S. The molecule has 10 heteroatoms. The van der Waals surface area contributed by atoms with Crippen LogP contribution in [0.1, 0.15) is 5.69 Å². The zero-order valence-corrected chi connectivity index (χ0v) is 20.9. The van der Waals surface area contributed by atoms with Gasteiger partial charge in [-0.1, -0.05) is 23.7 Å². The first-order valence-electron chi connectivity index (χ1n) is 11.2. The topological polar surface area (TPSA) is 90.5 Å². The Labute approximate surface area is 215 Å². The third-order valence-electron chi connectivity index (χ3n) is 5.66. The molecule has 1 N–H and O–H groups in total. The van der Waals surface area contributed by atoms with Crippen LogP contribution in [0.4, 0.5) is 0 Å². The number of methoxy groups -OCH3 is 1. The van der Waals surface area contributed by atoms with Crippen molar-refractivity contribution in [1.82, 2.24) is 24.5 Å². The molecule has 5 rings (SSSR count). The normalized spacial score (nSPS) is 11.1. The van der Waals surface area contributed by atoms with Crippen LogP contribution in [0.2, 0.25) is 5.02 Å². The van der Waals surface area contributed by atoms with Crippen molar-refractivity contribution in [3.05, 3.63) is 93.3 Å². The van der Waals surface area contributed by atoms with E-state index < -0.39 is 0 Å². The zero-order chi connectivity index (χ0) is 25.1. The molecule has 1 amide bonds. The second kappa shape index (κ2) is 10.3. The highest BCUT2D eigenvalue weighted by atomic mass is 35.5. The van der Waals surface area contributed by atoms with Gasteiger partial charge in [-0.3, -0.25) is 14.0 Å². The van der Waals surface area contributed by atoms with Crippen molar-refractivity contribution in [3.63, 3.8) is 0 Å². The molecule has 0 radical (unpaired) electrons. The van der Waals surface area contributed by atoms with Crippen LogP contribution < -0.4 is 15.6 Å². The summed E-state index contributed by atoms with van der Waals surface area (Å²) in [6.45, 7) is 0.546. The number of rotatable bonds is 8. The van der Waals surface area contributed by atoms with Crippen molar-refractivity contribution in [2.45, 2.75) is 13.0 Å². The van der Waals surface area contributed by atoms with Crippen LogP contribution in [-0.4, -0.2) is 38.7 Å². The van der Waals surface area contributed by atoms with Gasteiger partial charge in [0.1, 0.15) is 5.75 Å². The van der Waals surface area contributed by atoms with Gasteiger partial charge in [0, 0.05) is 46.0 Å². The van der Waals surface area contributed by atoms with Gasteiger partial charge in [-0.05, 0) is 42.5 Å². The Morgan fingerprint density at radius 3 is 2.50 bits per heavy atom. The summed E-state index contributed by atoms with van der Waals surface area (Å²) in [5.74, 6) is 0.602. The Hall–Kier alpha value is -3.95. The van der Waals surface area contributed by atoms with E-state index in [9.17, 15) is 9.59 Å². The standard InChI is InChI=1S/C26H22ClN5O3S/c1-35-21-8-4-17(5-9-21)22-10-11-25(34)32(30-22)13-12-28-24(33)14-20-16-36-26-29-23(15-31(20)26)18-2-6-19(27)7-3-18/h2-11,15-16H,12-14H2,1H3,(H,28,33). The number of benzene rings is 2. The smallest absolute Gasteiger partial charge is 0.266 e. The predicted octanol–water partition coefficient (Wildman–Crippen LogP) is 4.31. The van der Waals surface area contributed by atoms with E-state index in [1.807, 2.05) is 64.5 Å². The number of hydrogen-bond donors (Lipinski definition) is 1. The van der Waals surface area contributed by atoms with Gasteiger partial charge in [0.2, 0.25) is 5.91 Å². The van der Waals surface area contributed by atoms with Crippen LogP contribution in [0, 0.1) is 0 Å². The summed E-state index contributed by atoms with van der Waals surface area (Å²) in [6.07, 6.45) is 2.12. The molecule has 0 unspecified atom stereocenters. The van der Waals surface area contributed by atoms with Gasteiger partial charge in [-0.15, -0.1) is 11.3 Å². The highest BCUT2D eigenvalue weighted by Crippen LogP contribution is 2.25. The monoisotopic (exact) mass is 519 g/mol. The Kier molecular flexibility index (Phi) is 6.84. The molecule has 0 saturated carbocycles. The van der Waals surface area contributed by atoms with Gasteiger partial charge in [0.25, 0.3) is 5.56 Å². The minimum Gasteiger partial charge on any atom is -0.497 e. The van der Waals surface area contributed by atoms with Crippen molar-refractivity contribution in [1.29, 1.82) is 0 Å². The van der Waals surface area contributed by atoms with Crippen molar-refractivity contribution in [2.24, 2.45) is 0 Å². The van der Waals surface area contributed by atoms with Crippen LogP contribution in [-0.2, 0) is 17.8 Å². The van der Waals surface area contributed by atoms with E-state index in [2.05, 4.69) is 15.4 Å². The minimum atomic E-state index is -0.228. The number of thiazole rings is 1. The Morgan fingerprint density at radius 2 is 1.75 bits per heavy atom. The number of ether oxygens (including phenoxy) is 1. The lowest BCUT2D eigenvalue weighted by atomic mass is 10.1. The number of fused-ring (bicyclic) bond motifs is 1. The van der Waals surface area contributed by atoms with E-state index in [4.69, 9.17) is 16.3 Å². The quantitative estimate of drug-likeness (QED) is 0.330. The Bertz CT molecular complexity index is 1570. The molecule has 0 aliphatic heterocycles. The number of nitrogens with one attached hydrogen (secondary N) is 1. The van der Waals surface area contributed by atoms with E-state index in [-0.39, 0.29) is 31.0 Å². The number of nitrogens with zero attached hydrogens (tertiary/aromatic N) is 4. The molecule has 36 heavy (non-hydrogen) atoms. The second-order valence-electron chi connectivity index (χ2n) is 8.05. The van der Waals surface area contributed by atoms with E-state index >= 15 is 0 Å². The molecule has 3 heterocycles. The zero-order valence-electron chi connectivity index (χ0n) is 19.3. The van der Waals surface area contributed by atoms with E-state index in [1.54, 1.807) is 13.2 Å². The molecule has 2 aromatic carbocycles. The molecule has 182 valence electrons. The van der Waals surface area contributed by atoms with Gasteiger partial charge in [0.05, 0.1) is 31.5 Å². The van der Waals surface area contributed by atoms with Crippen LogP contribution in [0.25, 0.3) is 27.5 Å². The number of imidazole rings is 1. The Balaban J connectivity index is 1.21. The van der Waals surface area contributed by atoms with Crippen LogP contribution in [0.15, 0.2) is 77.0 Å². The fraction of sp³-hybridized carbons (Fsp3) is 0.154. The molecule has 5 aromatic rings. The van der Waals surface area contributed by atoms with Crippen molar-refractivity contribution < 1.29 is 9.53 Å². The minimum absolute atomic E-state index is 0.143. The highest BCUT2D eigenvalue weighted by Gasteiger charge is 2.13. The van der Waals surface area contributed by atoms with E-state index in [0.717, 1.165) is 33.2 Å². The van der Waals surface area contributed by atoms with Gasteiger partial charge in [-0.2, -0.15) is 5.10 Å². The number of carbonyl (C=O) groups is 1. The lowest BCUT2D eigenvalue weighted by Crippen LogP contribution is -2.32. The third kappa shape index (κ3) is 5.17. The number of aromatic nitrogens is 4. The summed E-state index contributed by atoms with van der Waals surface area (Å²) in [5.41, 5.74) is 3.93. The lowest BCUT2D eigenvalue weighted by molar-refractivity contribution is -0.120. The number of carbonyl (C=O) groups excluding carboxylic acids is 1. The molecule has 0 bridgehead atoms. The van der Waals surface area contributed by atoms with Crippen molar-refractivity contribution in [3.8, 4) is 28.3 Å². The van der Waals surface area contributed by atoms with E-state index in [1.165, 1.54) is 22.1 Å². The summed E-state index contributed by atoms with van der Waals surface area (Å²) in [6, 6.07) is 18.1. The SMILES string of the molecule is COc1ccc(-c2ccc(=O)n(CCNC(=O)Cc3csc4nc(-c5ccc(Cl)cc5)cn34)n2)cc1. The first-order valence-corrected chi connectivity index (χ1v) is 12.5. The summed E-state index contributed by atoms with van der Waals surface area (Å²) in [7, 11) is 1.61. The predicted molar refractivity (Wildman–Crippen MR) is 141 cm³/mol. The maximum Gasteiger partial charge on any atom is 0.266 e.